The van der Waals surface area contributed by atoms with E-state index in [0.29, 0.717) is 5.95 Å². The van der Waals surface area contributed by atoms with Gasteiger partial charge in [0.25, 0.3) is 0 Å². The molecule has 0 aliphatic carbocycles. The fraction of sp³-hybridized carbons (Fsp3) is 0.111. The quantitative estimate of drug-likeness (QED) is 0.749. The number of imidazole rings is 1. The van der Waals surface area contributed by atoms with E-state index >= 15 is 0 Å². The Bertz CT molecular complexity index is 831. The van der Waals surface area contributed by atoms with Crippen molar-refractivity contribution < 1.29 is 0 Å². The van der Waals surface area contributed by atoms with Crippen LogP contribution in [0.25, 0.3) is 11.1 Å². The number of aryl methyl sites for hydroxylation is 2. The molecule has 0 unspecified atom stereocenters. The van der Waals surface area contributed by atoms with Crippen molar-refractivity contribution in [3.63, 3.8) is 0 Å². The first-order valence-corrected chi connectivity index (χ1v) is 7.15. The first kappa shape index (κ1) is 14.1. The zero-order chi connectivity index (χ0) is 15.5. The van der Waals surface area contributed by atoms with Gasteiger partial charge in [0.2, 0.25) is 5.95 Å². The summed E-state index contributed by atoms with van der Waals surface area (Å²) in [7, 11) is 0. The summed E-state index contributed by atoms with van der Waals surface area (Å²) in [5.41, 5.74) is 11.3. The van der Waals surface area contributed by atoms with E-state index in [1.165, 1.54) is 11.1 Å². The summed E-state index contributed by atoms with van der Waals surface area (Å²) in [6.07, 6.45) is 3.62. The Balaban J connectivity index is 2.00. The van der Waals surface area contributed by atoms with Crippen LogP contribution in [-0.2, 0) is 0 Å². The third-order valence-electron chi connectivity index (χ3n) is 3.45. The van der Waals surface area contributed by atoms with E-state index in [1.807, 2.05) is 31.3 Å². The molecule has 0 fully saturated rings. The van der Waals surface area contributed by atoms with Gasteiger partial charge < -0.3 is 5.73 Å². The molecule has 4 heteroatoms. The lowest BCUT2D eigenvalue weighted by molar-refractivity contribution is 0.897. The second kappa shape index (κ2) is 5.85. The zero-order valence-electron chi connectivity index (χ0n) is 12.7. The fourth-order valence-electron chi connectivity index (χ4n) is 2.41. The summed E-state index contributed by atoms with van der Waals surface area (Å²) in [6, 6.07) is 16.6. The van der Waals surface area contributed by atoms with Crippen molar-refractivity contribution in [2.24, 2.45) is 5.10 Å². The molecular formula is C18H18N4. The van der Waals surface area contributed by atoms with E-state index in [9.17, 15) is 0 Å². The minimum Gasteiger partial charge on any atom is -0.368 e. The summed E-state index contributed by atoms with van der Waals surface area (Å²) < 4.78 is 1.59. The molecule has 0 bridgehead atoms. The molecule has 0 saturated carbocycles. The van der Waals surface area contributed by atoms with Gasteiger partial charge in [0, 0.05) is 5.56 Å². The van der Waals surface area contributed by atoms with E-state index in [0.717, 1.165) is 16.8 Å². The monoisotopic (exact) mass is 290 g/mol. The molecule has 22 heavy (non-hydrogen) atoms. The molecule has 3 aromatic rings. The van der Waals surface area contributed by atoms with Gasteiger partial charge in [-0.3, -0.25) is 0 Å². The fourth-order valence-corrected chi connectivity index (χ4v) is 2.41. The maximum atomic E-state index is 5.81. The highest BCUT2D eigenvalue weighted by molar-refractivity contribution is 5.90. The first-order chi connectivity index (χ1) is 10.6. The summed E-state index contributed by atoms with van der Waals surface area (Å²) in [6.45, 7) is 3.98. The first-order valence-electron chi connectivity index (χ1n) is 7.15. The predicted octanol–water partition coefficient (Wildman–Crippen LogP) is 3.63. The minimum absolute atomic E-state index is 0.391. The molecule has 0 amide bonds. The SMILES string of the molecule is Cc1cccc(-c2ccccc2C=Nn2cc(C)nc2N)c1. The van der Waals surface area contributed by atoms with Gasteiger partial charge in [0.15, 0.2) is 0 Å². The largest absolute Gasteiger partial charge is 0.368 e. The van der Waals surface area contributed by atoms with E-state index in [4.69, 9.17) is 5.73 Å². The van der Waals surface area contributed by atoms with Crippen LogP contribution >= 0.6 is 0 Å². The molecule has 0 radical (unpaired) electrons. The van der Waals surface area contributed by atoms with Crippen LogP contribution in [-0.4, -0.2) is 15.9 Å². The van der Waals surface area contributed by atoms with Crippen LogP contribution in [0.15, 0.2) is 59.8 Å². The Morgan fingerprint density at radius 2 is 1.91 bits per heavy atom. The third-order valence-corrected chi connectivity index (χ3v) is 3.45. The van der Waals surface area contributed by atoms with Crippen LogP contribution in [0.3, 0.4) is 0 Å². The Morgan fingerprint density at radius 3 is 2.64 bits per heavy atom. The average Bonchev–Trinajstić information content (AvgIpc) is 2.83. The molecule has 0 saturated heterocycles. The number of nitrogens with two attached hydrogens (primary N) is 1. The molecule has 1 aromatic heterocycles. The van der Waals surface area contributed by atoms with E-state index in [2.05, 4.69) is 47.3 Å². The summed E-state index contributed by atoms with van der Waals surface area (Å²) in [4.78, 5) is 4.14. The molecule has 0 aliphatic heterocycles. The Kier molecular flexibility index (Phi) is 3.74. The lowest BCUT2D eigenvalue weighted by atomic mass is 9.99. The normalized spacial score (nSPS) is 11.2. The highest BCUT2D eigenvalue weighted by Gasteiger charge is 2.04. The predicted molar refractivity (Wildman–Crippen MR) is 91.0 cm³/mol. The Labute approximate surface area is 129 Å². The second-order valence-corrected chi connectivity index (χ2v) is 5.29. The number of hydrogen-bond donors (Lipinski definition) is 1. The molecular weight excluding hydrogens is 272 g/mol. The second-order valence-electron chi connectivity index (χ2n) is 5.29. The number of benzene rings is 2. The van der Waals surface area contributed by atoms with Gasteiger partial charge in [0.1, 0.15) is 0 Å². The maximum absolute atomic E-state index is 5.81. The summed E-state index contributed by atoms with van der Waals surface area (Å²) in [5.74, 6) is 0.391. The maximum Gasteiger partial charge on any atom is 0.221 e. The number of nitrogen functional groups attached to an aromatic ring is 1. The molecule has 2 N–H and O–H groups in total. The van der Waals surface area contributed by atoms with Gasteiger partial charge >= 0.3 is 0 Å². The van der Waals surface area contributed by atoms with Crippen molar-refractivity contribution in [3.8, 4) is 11.1 Å². The summed E-state index contributed by atoms with van der Waals surface area (Å²) >= 11 is 0. The van der Waals surface area contributed by atoms with Crippen LogP contribution in [0, 0.1) is 13.8 Å². The average molecular weight is 290 g/mol. The molecule has 0 spiro atoms. The van der Waals surface area contributed by atoms with Gasteiger partial charge in [0.05, 0.1) is 18.1 Å². The van der Waals surface area contributed by atoms with Gasteiger partial charge in [-0.2, -0.15) is 5.10 Å². The lowest BCUT2D eigenvalue weighted by Crippen LogP contribution is -1.97. The number of rotatable bonds is 3. The van der Waals surface area contributed by atoms with E-state index < -0.39 is 0 Å². The minimum atomic E-state index is 0.391. The Morgan fingerprint density at radius 1 is 1.09 bits per heavy atom. The van der Waals surface area contributed by atoms with Crippen molar-refractivity contribution in [2.75, 3.05) is 5.73 Å². The topological polar surface area (TPSA) is 56.2 Å². The molecule has 0 aliphatic rings. The van der Waals surface area contributed by atoms with Crippen LogP contribution in [0.1, 0.15) is 16.8 Å². The Hall–Kier alpha value is -2.88. The molecule has 3 rings (SSSR count). The van der Waals surface area contributed by atoms with E-state index in [1.54, 1.807) is 10.9 Å². The number of hydrogen-bond acceptors (Lipinski definition) is 3. The lowest BCUT2D eigenvalue weighted by Gasteiger charge is -2.07. The molecule has 2 aromatic carbocycles. The van der Waals surface area contributed by atoms with Crippen LogP contribution < -0.4 is 5.73 Å². The van der Waals surface area contributed by atoms with Gasteiger partial charge in [-0.1, -0.05) is 54.1 Å². The van der Waals surface area contributed by atoms with Gasteiger partial charge in [-0.15, -0.1) is 0 Å². The standard InChI is InChI=1S/C18H18N4/c1-13-6-5-8-15(10-13)17-9-4-3-7-16(17)11-20-22-12-14(2)21-18(22)19/h3-12H,1-2H3,(H2,19,21). The van der Waals surface area contributed by atoms with E-state index in [-0.39, 0.29) is 0 Å². The highest BCUT2D eigenvalue weighted by Crippen LogP contribution is 2.23. The molecule has 4 nitrogen and oxygen atoms in total. The summed E-state index contributed by atoms with van der Waals surface area (Å²) in [5, 5.41) is 4.41. The van der Waals surface area contributed by atoms with Crippen molar-refractivity contribution in [3.05, 3.63) is 71.5 Å². The van der Waals surface area contributed by atoms with Crippen LogP contribution in [0.4, 0.5) is 5.95 Å². The van der Waals surface area contributed by atoms with Gasteiger partial charge in [-0.05, 0) is 25.0 Å². The van der Waals surface area contributed by atoms with Crippen molar-refractivity contribution in [2.45, 2.75) is 13.8 Å². The number of nitrogens with zero attached hydrogens (tertiary/aromatic N) is 3. The number of anilines is 1. The van der Waals surface area contributed by atoms with Crippen LogP contribution in [0.5, 0.6) is 0 Å². The molecule has 110 valence electrons. The van der Waals surface area contributed by atoms with Crippen molar-refractivity contribution >= 4 is 12.2 Å². The number of aromatic nitrogens is 2. The van der Waals surface area contributed by atoms with Crippen LogP contribution in [0.2, 0.25) is 0 Å². The molecule has 0 atom stereocenters. The third kappa shape index (κ3) is 2.91. The highest BCUT2D eigenvalue weighted by atomic mass is 15.4. The smallest absolute Gasteiger partial charge is 0.221 e. The van der Waals surface area contributed by atoms with Crippen molar-refractivity contribution in [1.82, 2.24) is 9.66 Å². The van der Waals surface area contributed by atoms with Crippen molar-refractivity contribution in [1.29, 1.82) is 0 Å². The zero-order valence-corrected chi connectivity index (χ0v) is 12.7. The van der Waals surface area contributed by atoms with Gasteiger partial charge in [-0.25, -0.2) is 9.66 Å². The molecule has 1 heterocycles.